The molecule has 0 aliphatic carbocycles. The highest BCUT2D eigenvalue weighted by Gasteiger charge is 2.39. The van der Waals surface area contributed by atoms with Crippen LogP contribution in [-0.2, 0) is 21.4 Å². The molecular weight excluding hydrogens is 269 g/mol. The van der Waals surface area contributed by atoms with Crippen molar-refractivity contribution in [1.29, 1.82) is 0 Å². The molecule has 1 amide bonds. The maximum Gasteiger partial charge on any atom is 0.307 e. The Hall–Kier alpha value is -1.43. The molecule has 1 heterocycles. The SMILES string of the molecule is CCc1cccc(C)c1N1CC(S(=O)(=O)F)CC1=O. The standard InChI is InChI=1S/C13H16FNO3S/c1-3-10-6-4-5-9(2)13(10)15-8-11(7-12(15)16)19(14,17)18/h4-6,11H,3,7-8H2,1-2H3. The molecular formula is C13H16FNO3S. The van der Waals surface area contributed by atoms with Gasteiger partial charge in [-0.15, -0.1) is 3.89 Å². The van der Waals surface area contributed by atoms with Crippen molar-refractivity contribution < 1.29 is 17.1 Å². The Morgan fingerprint density at radius 3 is 2.63 bits per heavy atom. The van der Waals surface area contributed by atoms with Crippen LogP contribution >= 0.6 is 0 Å². The highest BCUT2D eigenvalue weighted by Crippen LogP contribution is 2.31. The van der Waals surface area contributed by atoms with Gasteiger partial charge < -0.3 is 4.90 Å². The third-order valence-electron chi connectivity index (χ3n) is 3.46. The van der Waals surface area contributed by atoms with Gasteiger partial charge in [0, 0.05) is 18.7 Å². The van der Waals surface area contributed by atoms with Gasteiger partial charge in [0.1, 0.15) is 5.25 Å². The van der Waals surface area contributed by atoms with Crippen molar-refractivity contribution in [2.75, 3.05) is 11.4 Å². The number of nitrogens with zero attached hydrogens (tertiary/aromatic N) is 1. The summed E-state index contributed by atoms with van der Waals surface area (Å²) in [5.74, 6) is -0.338. The van der Waals surface area contributed by atoms with E-state index < -0.39 is 15.5 Å². The van der Waals surface area contributed by atoms with Crippen LogP contribution in [0.4, 0.5) is 9.57 Å². The number of hydrogen-bond acceptors (Lipinski definition) is 3. The van der Waals surface area contributed by atoms with E-state index in [-0.39, 0.29) is 18.9 Å². The highest BCUT2D eigenvalue weighted by atomic mass is 32.3. The Morgan fingerprint density at radius 1 is 1.42 bits per heavy atom. The molecule has 1 atom stereocenters. The molecule has 1 aliphatic heterocycles. The van der Waals surface area contributed by atoms with E-state index in [2.05, 4.69) is 0 Å². The van der Waals surface area contributed by atoms with Crippen LogP contribution in [0.1, 0.15) is 24.5 Å². The van der Waals surface area contributed by atoms with Gasteiger partial charge in [0.15, 0.2) is 0 Å². The molecule has 1 saturated heterocycles. The summed E-state index contributed by atoms with van der Waals surface area (Å²) in [5, 5.41) is -1.25. The first kappa shape index (κ1) is 14.0. The summed E-state index contributed by atoms with van der Waals surface area (Å²) >= 11 is 0. The third kappa shape index (κ3) is 2.63. The molecule has 1 aliphatic rings. The second-order valence-electron chi connectivity index (χ2n) is 4.74. The topological polar surface area (TPSA) is 54.5 Å². The second kappa shape index (κ2) is 4.92. The average Bonchev–Trinajstić information content (AvgIpc) is 2.70. The summed E-state index contributed by atoms with van der Waals surface area (Å²) in [5.41, 5.74) is 2.58. The number of rotatable bonds is 3. The zero-order valence-electron chi connectivity index (χ0n) is 10.9. The predicted molar refractivity (Wildman–Crippen MR) is 71.3 cm³/mol. The molecule has 6 heteroatoms. The van der Waals surface area contributed by atoms with E-state index in [1.165, 1.54) is 4.90 Å². The minimum Gasteiger partial charge on any atom is -0.310 e. The third-order valence-corrected chi connectivity index (χ3v) is 4.57. The van der Waals surface area contributed by atoms with Crippen molar-refractivity contribution >= 4 is 21.8 Å². The maximum absolute atomic E-state index is 13.0. The first-order chi connectivity index (χ1) is 8.84. The van der Waals surface area contributed by atoms with Crippen LogP contribution < -0.4 is 4.90 Å². The van der Waals surface area contributed by atoms with E-state index in [1.807, 2.05) is 32.0 Å². The quantitative estimate of drug-likeness (QED) is 0.798. The molecule has 0 saturated carbocycles. The number of para-hydroxylation sites is 1. The molecule has 0 spiro atoms. The maximum atomic E-state index is 13.0. The minimum absolute atomic E-state index is 0.102. The molecule has 2 rings (SSSR count). The lowest BCUT2D eigenvalue weighted by Gasteiger charge is -2.22. The van der Waals surface area contributed by atoms with E-state index in [0.717, 1.165) is 23.2 Å². The van der Waals surface area contributed by atoms with Gasteiger partial charge in [0.25, 0.3) is 0 Å². The summed E-state index contributed by atoms with van der Waals surface area (Å²) in [6, 6.07) is 5.65. The first-order valence-electron chi connectivity index (χ1n) is 6.17. The number of anilines is 1. The Bertz CT molecular complexity index is 612. The molecule has 4 nitrogen and oxygen atoms in total. The lowest BCUT2D eigenvalue weighted by molar-refractivity contribution is -0.117. The molecule has 0 aromatic heterocycles. The van der Waals surface area contributed by atoms with Gasteiger partial charge in [0.05, 0.1) is 0 Å². The van der Waals surface area contributed by atoms with Crippen molar-refractivity contribution in [2.45, 2.75) is 31.9 Å². The summed E-state index contributed by atoms with van der Waals surface area (Å²) in [6.45, 7) is 3.72. The summed E-state index contributed by atoms with van der Waals surface area (Å²) in [4.78, 5) is 13.3. The molecule has 0 N–H and O–H groups in total. The lowest BCUT2D eigenvalue weighted by Crippen LogP contribution is -2.28. The zero-order valence-corrected chi connectivity index (χ0v) is 11.7. The Morgan fingerprint density at radius 2 is 2.11 bits per heavy atom. The molecule has 1 fully saturated rings. The van der Waals surface area contributed by atoms with Gasteiger partial charge in [-0.05, 0) is 24.5 Å². The van der Waals surface area contributed by atoms with Gasteiger partial charge in [-0.3, -0.25) is 4.79 Å². The molecule has 104 valence electrons. The fraction of sp³-hybridized carbons (Fsp3) is 0.462. The van der Waals surface area contributed by atoms with Gasteiger partial charge in [-0.1, -0.05) is 25.1 Å². The smallest absolute Gasteiger partial charge is 0.307 e. The monoisotopic (exact) mass is 285 g/mol. The van der Waals surface area contributed by atoms with Crippen LogP contribution in [0.2, 0.25) is 0 Å². The van der Waals surface area contributed by atoms with Gasteiger partial charge >= 0.3 is 10.2 Å². The molecule has 1 aromatic carbocycles. The fourth-order valence-electron chi connectivity index (χ4n) is 2.47. The van der Waals surface area contributed by atoms with E-state index >= 15 is 0 Å². The molecule has 0 radical (unpaired) electrons. The number of carbonyl (C=O) groups is 1. The molecule has 19 heavy (non-hydrogen) atoms. The number of halogens is 1. The van der Waals surface area contributed by atoms with Crippen molar-refractivity contribution in [3.05, 3.63) is 29.3 Å². The Labute approximate surface area is 112 Å². The van der Waals surface area contributed by atoms with Crippen LogP contribution in [0.5, 0.6) is 0 Å². The van der Waals surface area contributed by atoms with Crippen LogP contribution in [0, 0.1) is 6.92 Å². The van der Waals surface area contributed by atoms with E-state index in [9.17, 15) is 17.1 Å². The lowest BCUT2D eigenvalue weighted by atomic mass is 10.0. The van der Waals surface area contributed by atoms with Crippen molar-refractivity contribution in [1.82, 2.24) is 0 Å². The van der Waals surface area contributed by atoms with Crippen molar-refractivity contribution in [3.8, 4) is 0 Å². The van der Waals surface area contributed by atoms with Crippen LogP contribution in [0.25, 0.3) is 0 Å². The number of aryl methyl sites for hydroxylation is 2. The fourth-order valence-corrected chi connectivity index (χ4v) is 3.14. The predicted octanol–water partition coefficient (Wildman–Crippen LogP) is 1.96. The van der Waals surface area contributed by atoms with Crippen molar-refractivity contribution in [2.24, 2.45) is 0 Å². The second-order valence-corrected chi connectivity index (χ2v) is 6.36. The molecule has 1 unspecified atom stereocenters. The highest BCUT2D eigenvalue weighted by molar-refractivity contribution is 7.87. The van der Waals surface area contributed by atoms with Crippen LogP contribution in [0.3, 0.4) is 0 Å². The minimum atomic E-state index is -4.67. The van der Waals surface area contributed by atoms with Crippen LogP contribution in [0.15, 0.2) is 18.2 Å². The number of hydrogen-bond donors (Lipinski definition) is 0. The van der Waals surface area contributed by atoms with E-state index in [0.29, 0.717) is 0 Å². The number of amides is 1. The van der Waals surface area contributed by atoms with Gasteiger partial charge in [-0.2, -0.15) is 8.42 Å². The largest absolute Gasteiger partial charge is 0.310 e. The first-order valence-corrected chi connectivity index (χ1v) is 7.61. The number of carbonyl (C=O) groups excluding carboxylic acids is 1. The Balaban J connectivity index is 2.41. The molecule has 1 aromatic rings. The van der Waals surface area contributed by atoms with Crippen molar-refractivity contribution in [3.63, 3.8) is 0 Å². The van der Waals surface area contributed by atoms with E-state index in [4.69, 9.17) is 0 Å². The summed E-state index contributed by atoms with van der Waals surface area (Å²) < 4.78 is 34.9. The summed E-state index contributed by atoms with van der Waals surface area (Å²) in [7, 11) is -4.67. The van der Waals surface area contributed by atoms with Gasteiger partial charge in [-0.25, -0.2) is 0 Å². The van der Waals surface area contributed by atoms with E-state index in [1.54, 1.807) is 0 Å². The zero-order chi connectivity index (χ0) is 14.2. The number of benzene rings is 1. The normalized spacial score (nSPS) is 20.1. The Kier molecular flexibility index (Phi) is 3.62. The van der Waals surface area contributed by atoms with Crippen LogP contribution in [-0.4, -0.2) is 26.1 Å². The summed E-state index contributed by atoms with van der Waals surface area (Å²) in [6.07, 6.45) is 0.449. The average molecular weight is 285 g/mol. The molecule has 0 bridgehead atoms. The van der Waals surface area contributed by atoms with Gasteiger partial charge in [0.2, 0.25) is 5.91 Å².